The maximum absolute atomic E-state index is 7.09. The van der Waals surface area contributed by atoms with Crippen LogP contribution in [0, 0.1) is 0 Å². The molecule has 3 heterocycles. The van der Waals surface area contributed by atoms with Gasteiger partial charge in [-0.25, -0.2) is 0 Å². The third-order valence-electron chi connectivity index (χ3n) is 9.85. The summed E-state index contributed by atoms with van der Waals surface area (Å²) in [4.78, 5) is 0. The molecule has 0 saturated heterocycles. The Morgan fingerprint density at radius 1 is 0.558 bits per heavy atom. The zero-order valence-corrected chi connectivity index (χ0v) is 28.2. The van der Waals surface area contributed by atoms with E-state index in [2.05, 4.69) is 148 Å². The molecule has 0 bridgehead atoms. The first-order valence-corrected chi connectivity index (χ1v) is 16.0. The number of benzene rings is 4. The molecule has 7 rings (SSSR count). The van der Waals surface area contributed by atoms with Crippen LogP contribution in [0.15, 0.2) is 60.7 Å². The Morgan fingerprint density at radius 2 is 1.12 bits per heavy atom. The van der Waals surface area contributed by atoms with Gasteiger partial charge in [-0.2, -0.15) is 0 Å². The SMILES string of the molecule is CC(C)(C)c1ccc2c(c1)Oc1c(C(C)(C)C)cc3c4cc(C(C)(C)C)ccc4n4c3c1B2c1ccc(C(C)(C)C)cc1-4. The van der Waals surface area contributed by atoms with Crippen molar-refractivity contribution in [2.24, 2.45) is 0 Å². The van der Waals surface area contributed by atoms with E-state index in [0.717, 1.165) is 11.5 Å². The molecule has 43 heavy (non-hydrogen) atoms. The van der Waals surface area contributed by atoms with Gasteiger partial charge in [0.25, 0.3) is 6.71 Å². The number of ether oxygens (including phenoxy) is 1. The fourth-order valence-electron chi connectivity index (χ4n) is 7.21. The van der Waals surface area contributed by atoms with Gasteiger partial charge in [-0.05, 0) is 85.1 Å². The van der Waals surface area contributed by atoms with Crippen molar-refractivity contribution >= 4 is 44.9 Å². The molecule has 0 radical (unpaired) electrons. The average Bonchev–Trinajstić information content (AvgIpc) is 3.23. The number of hydrogen-bond donors (Lipinski definition) is 0. The lowest BCUT2D eigenvalue weighted by Crippen LogP contribution is -2.58. The molecule has 2 aliphatic heterocycles. The van der Waals surface area contributed by atoms with Gasteiger partial charge in [0.1, 0.15) is 11.5 Å². The van der Waals surface area contributed by atoms with Gasteiger partial charge in [0, 0.05) is 22.0 Å². The van der Waals surface area contributed by atoms with Crippen molar-refractivity contribution in [2.75, 3.05) is 0 Å². The van der Waals surface area contributed by atoms with Crippen molar-refractivity contribution in [3.05, 3.63) is 82.9 Å². The van der Waals surface area contributed by atoms with E-state index < -0.39 is 0 Å². The maximum Gasteiger partial charge on any atom is 0.256 e. The highest BCUT2D eigenvalue weighted by atomic mass is 16.5. The number of nitrogens with zero attached hydrogens (tertiary/aromatic N) is 1. The van der Waals surface area contributed by atoms with Crippen molar-refractivity contribution in [1.82, 2.24) is 4.57 Å². The zero-order chi connectivity index (χ0) is 31.0. The maximum atomic E-state index is 7.09. The molecule has 4 aromatic carbocycles. The third kappa shape index (κ3) is 4.14. The predicted molar refractivity (Wildman–Crippen MR) is 187 cm³/mol. The van der Waals surface area contributed by atoms with Crippen LogP contribution in [0.1, 0.15) is 105 Å². The van der Waals surface area contributed by atoms with E-state index in [0.29, 0.717) is 0 Å². The normalized spacial score (nSPS) is 14.7. The Balaban J connectivity index is 1.68. The monoisotopic (exact) mass is 567 g/mol. The summed E-state index contributed by atoms with van der Waals surface area (Å²) in [5, 5.41) is 2.66. The van der Waals surface area contributed by atoms with Gasteiger partial charge in [0.2, 0.25) is 0 Å². The van der Waals surface area contributed by atoms with E-state index >= 15 is 0 Å². The van der Waals surface area contributed by atoms with E-state index in [4.69, 9.17) is 4.74 Å². The lowest BCUT2D eigenvalue weighted by Gasteiger charge is -2.37. The van der Waals surface area contributed by atoms with Crippen molar-refractivity contribution in [2.45, 2.75) is 105 Å². The van der Waals surface area contributed by atoms with Crippen molar-refractivity contribution in [3.8, 4) is 17.2 Å². The summed E-state index contributed by atoms with van der Waals surface area (Å²) in [7, 11) is 0. The summed E-state index contributed by atoms with van der Waals surface area (Å²) < 4.78 is 9.65. The summed E-state index contributed by atoms with van der Waals surface area (Å²) in [6.45, 7) is 27.8. The second-order valence-electron chi connectivity index (χ2n) is 17.2. The summed E-state index contributed by atoms with van der Waals surface area (Å²) in [5.74, 6) is 2.05. The van der Waals surface area contributed by atoms with Crippen molar-refractivity contribution in [3.63, 3.8) is 0 Å². The van der Waals surface area contributed by atoms with Crippen LogP contribution >= 0.6 is 0 Å². The second-order valence-corrected chi connectivity index (χ2v) is 17.2. The first-order valence-electron chi connectivity index (χ1n) is 16.0. The van der Waals surface area contributed by atoms with E-state index in [-0.39, 0.29) is 28.4 Å². The van der Waals surface area contributed by atoms with E-state index in [9.17, 15) is 0 Å². The number of rotatable bonds is 0. The van der Waals surface area contributed by atoms with Crippen LogP contribution in [0.3, 0.4) is 0 Å². The Kier molecular flexibility index (Phi) is 5.66. The fourth-order valence-corrected chi connectivity index (χ4v) is 7.21. The van der Waals surface area contributed by atoms with Gasteiger partial charge < -0.3 is 9.30 Å². The highest BCUT2D eigenvalue weighted by Crippen LogP contribution is 2.45. The van der Waals surface area contributed by atoms with Gasteiger partial charge in [0.15, 0.2) is 0 Å². The van der Waals surface area contributed by atoms with Crippen LogP contribution in [0.2, 0.25) is 0 Å². The summed E-state index contributed by atoms with van der Waals surface area (Å²) >= 11 is 0. The molecule has 2 aliphatic rings. The van der Waals surface area contributed by atoms with Crippen LogP contribution in [-0.2, 0) is 21.7 Å². The summed E-state index contributed by atoms with van der Waals surface area (Å²) in [6.07, 6.45) is 0. The highest BCUT2D eigenvalue weighted by molar-refractivity contribution is 6.99. The molecule has 0 fully saturated rings. The van der Waals surface area contributed by atoms with Gasteiger partial charge in [-0.15, -0.1) is 0 Å². The molecular formula is C40H46BNO. The topological polar surface area (TPSA) is 14.2 Å². The molecule has 0 aliphatic carbocycles. The first-order chi connectivity index (χ1) is 19.9. The van der Waals surface area contributed by atoms with E-state index in [1.54, 1.807) is 0 Å². The van der Waals surface area contributed by atoms with E-state index in [1.807, 2.05) is 0 Å². The molecule has 0 unspecified atom stereocenters. The Bertz CT molecular complexity index is 1980. The molecule has 0 spiro atoms. The van der Waals surface area contributed by atoms with Crippen LogP contribution in [0.5, 0.6) is 11.5 Å². The molecule has 220 valence electrons. The molecular weight excluding hydrogens is 521 g/mol. The standard InChI is InChI=1S/C40H46BNO/c1-37(2,3)23-15-18-31-26(19-23)27-22-28(40(10,11)12)36-34-35(27)42(31)32-20-24(38(4,5)6)13-16-29(32)41(34)30-17-14-25(39(7,8)9)21-33(30)43-36/h13-22H,1-12H3. The molecule has 1 aromatic heterocycles. The number of aromatic nitrogens is 1. The molecule has 0 amide bonds. The molecule has 0 atom stereocenters. The highest BCUT2D eigenvalue weighted by Gasteiger charge is 2.43. The largest absolute Gasteiger partial charge is 0.458 e. The quantitative estimate of drug-likeness (QED) is 0.167. The first kappa shape index (κ1) is 28.3. The zero-order valence-electron chi connectivity index (χ0n) is 28.2. The molecule has 0 N–H and O–H groups in total. The molecule has 0 saturated carbocycles. The van der Waals surface area contributed by atoms with Gasteiger partial charge in [-0.1, -0.05) is 113 Å². The minimum absolute atomic E-state index is 0.0404. The van der Waals surface area contributed by atoms with Crippen molar-refractivity contribution < 1.29 is 4.74 Å². The predicted octanol–water partition coefficient (Wildman–Crippen LogP) is 8.91. The molecule has 2 nitrogen and oxygen atoms in total. The summed E-state index contributed by atoms with van der Waals surface area (Å²) in [6, 6.07) is 23.8. The van der Waals surface area contributed by atoms with Gasteiger partial charge in [0.05, 0.1) is 11.0 Å². The number of hydrogen-bond acceptors (Lipinski definition) is 1. The van der Waals surface area contributed by atoms with Gasteiger partial charge >= 0.3 is 0 Å². The Labute approximate surface area is 258 Å². The average molecular weight is 568 g/mol. The fraction of sp³-hybridized carbons (Fsp3) is 0.400. The molecule has 5 aromatic rings. The van der Waals surface area contributed by atoms with E-state index in [1.165, 1.54) is 66.1 Å². The van der Waals surface area contributed by atoms with Crippen molar-refractivity contribution in [1.29, 1.82) is 0 Å². The number of fused-ring (bicyclic) bond motifs is 8. The minimum atomic E-state index is -0.0872. The molecule has 3 heteroatoms. The summed E-state index contributed by atoms with van der Waals surface area (Å²) in [5.41, 5.74) is 13.2. The van der Waals surface area contributed by atoms with Crippen LogP contribution in [-0.4, -0.2) is 11.3 Å². The van der Waals surface area contributed by atoms with Crippen LogP contribution in [0.4, 0.5) is 0 Å². The van der Waals surface area contributed by atoms with Gasteiger partial charge in [-0.3, -0.25) is 0 Å². The lowest BCUT2D eigenvalue weighted by atomic mass is 9.34. The lowest BCUT2D eigenvalue weighted by molar-refractivity contribution is 0.457. The van der Waals surface area contributed by atoms with Crippen LogP contribution in [0.25, 0.3) is 27.5 Å². The third-order valence-corrected chi connectivity index (χ3v) is 9.85. The second kappa shape index (κ2) is 8.59. The Hall–Kier alpha value is -3.46. The van der Waals surface area contributed by atoms with Crippen LogP contribution < -0.4 is 21.1 Å². The smallest absolute Gasteiger partial charge is 0.256 e. The Morgan fingerprint density at radius 3 is 1.72 bits per heavy atom. The minimum Gasteiger partial charge on any atom is -0.458 e.